The maximum absolute atomic E-state index is 12.4. The molecule has 1 unspecified atom stereocenters. The Morgan fingerprint density at radius 3 is 2.81 bits per heavy atom. The minimum absolute atomic E-state index is 0.0466. The molecule has 7 heteroatoms. The second-order valence-electron chi connectivity index (χ2n) is 7.04. The predicted octanol–water partition coefficient (Wildman–Crippen LogP) is 3.06. The molecule has 0 aliphatic carbocycles. The highest BCUT2D eigenvalue weighted by Crippen LogP contribution is 2.26. The Morgan fingerprint density at radius 2 is 2.00 bits per heavy atom. The third-order valence-electron chi connectivity index (χ3n) is 5.12. The molecule has 4 rings (SSSR count). The van der Waals surface area contributed by atoms with Crippen LogP contribution in [0.2, 0.25) is 0 Å². The van der Waals surface area contributed by atoms with E-state index in [9.17, 15) is 4.79 Å². The van der Waals surface area contributed by atoms with Crippen molar-refractivity contribution >= 4 is 11.7 Å². The highest BCUT2D eigenvalue weighted by atomic mass is 16.5. The lowest BCUT2D eigenvalue weighted by Gasteiger charge is -2.18. The van der Waals surface area contributed by atoms with Gasteiger partial charge in [-0.1, -0.05) is 23.4 Å². The Balaban J connectivity index is 1.29. The number of para-hydroxylation sites is 1. The van der Waals surface area contributed by atoms with Crippen molar-refractivity contribution in [2.75, 3.05) is 31.6 Å². The smallest absolute Gasteiger partial charge is 0.321 e. The van der Waals surface area contributed by atoms with Gasteiger partial charge in [0.2, 0.25) is 5.89 Å². The van der Waals surface area contributed by atoms with Gasteiger partial charge in [0.15, 0.2) is 5.82 Å². The monoisotopic (exact) mass is 356 g/mol. The number of rotatable bonds is 4. The van der Waals surface area contributed by atoms with Gasteiger partial charge in [0.05, 0.1) is 0 Å². The van der Waals surface area contributed by atoms with E-state index in [1.54, 1.807) is 0 Å². The summed E-state index contributed by atoms with van der Waals surface area (Å²) in [5, 5.41) is 7.09. The molecular formula is C19H24N4O3. The summed E-state index contributed by atoms with van der Waals surface area (Å²) >= 11 is 0. The third-order valence-corrected chi connectivity index (χ3v) is 5.12. The Labute approximate surface area is 152 Å². The number of nitrogens with zero attached hydrogens (tertiary/aromatic N) is 3. The zero-order valence-electron chi connectivity index (χ0n) is 14.8. The fourth-order valence-electron chi connectivity index (χ4n) is 3.63. The summed E-state index contributed by atoms with van der Waals surface area (Å²) in [6.07, 6.45) is 3.60. The maximum Gasteiger partial charge on any atom is 0.321 e. The molecule has 2 aliphatic rings. The average molecular weight is 356 g/mol. The number of hydrogen-bond acceptors (Lipinski definition) is 5. The molecule has 2 aliphatic heterocycles. The molecule has 138 valence electrons. The van der Waals surface area contributed by atoms with Gasteiger partial charge in [-0.15, -0.1) is 0 Å². The van der Waals surface area contributed by atoms with E-state index in [2.05, 4.69) is 15.5 Å². The number of urea groups is 1. The molecule has 2 saturated heterocycles. The molecule has 2 aromatic rings. The minimum Gasteiger partial charge on any atom is -0.381 e. The number of carbonyl (C=O) groups excluding carboxylic acids is 1. The highest BCUT2D eigenvalue weighted by Gasteiger charge is 2.28. The molecule has 1 aromatic carbocycles. The molecule has 1 atom stereocenters. The number of ether oxygens (including phenoxy) is 1. The molecule has 0 radical (unpaired) electrons. The van der Waals surface area contributed by atoms with Crippen LogP contribution in [0.1, 0.15) is 36.9 Å². The molecule has 0 spiro atoms. The molecule has 3 heterocycles. The zero-order valence-corrected chi connectivity index (χ0v) is 14.8. The van der Waals surface area contributed by atoms with E-state index in [1.165, 1.54) is 0 Å². The normalized spacial score (nSPS) is 21.1. The van der Waals surface area contributed by atoms with Crippen LogP contribution in [0.3, 0.4) is 0 Å². The van der Waals surface area contributed by atoms with Crippen molar-refractivity contribution in [3.05, 3.63) is 42.0 Å². The number of nitrogens with one attached hydrogen (secondary N) is 1. The summed E-state index contributed by atoms with van der Waals surface area (Å²) < 4.78 is 10.8. The fraction of sp³-hybridized carbons (Fsp3) is 0.526. The van der Waals surface area contributed by atoms with E-state index in [0.717, 1.165) is 69.4 Å². The zero-order chi connectivity index (χ0) is 17.8. The van der Waals surface area contributed by atoms with Crippen LogP contribution >= 0.6 is 0 Å². The third kappa shape index (κ3) is 4.04. The number of anilines is 1. The molecular weight excluding hydrogens is 332 g/mol. The lowest BCUT2D eigenvalue weighted by molar-refractivity contribution is 0.0778. The highest BCUT2D eigenvalue weighted by molar-refractivity contribution is 5.89. The minimum atomic E-state index is -0.0466. The largest absolute Gasteiger partial charge is 0.381 e. The summed E-state index contributed by atoms with van der Waals surface area (Å²) in [7, 11) is 0. The first-order chi connectivity index (χ1) is 12.8. The standard InChI is InChI=1S/C19H24N4O3/c24-19(20-16-4-2-1-3-5-16)23-9-6-14(13-23)12-17-21-18(26-22-17)15-7-10-25-11-8-15/h1-5,14-15H,6-13H2,(H,20,24). The number of amides is 2. The van der Waals surface area contributed by atoms with Crippen LogP contribution in [0.15, 0.2) is 34.9 Å². The SMILES string of the molecule is O=C(Nc1ccccc1)N1CCC(Cc2noc(C3CCOCC3)n2)C1. The van der Waals surface area contributed by atoms with Crippen molar-refractivity contribution in [3.63, 3.8) is 0 Å². The van der Waals surface area contributed by atoms with Gasteiger partial charge >= 0.3 is 6.03 Å². The maximum atomic E-state index is 12.4. The first-order valence-electron chi connectivity index (χ1n) is 9.29. The second kappa shape index (κ2) is 7.86. The topological polar surface area (TPSA) is 80.5 Å². The van der Waals surface area contributed by atoms with E-state index in [-0.39, 0.29) is 6.03 Å². The summed E-state index contributed by atoms with van der Waals surface area (Å²) in [6.45, 7) is 3.00. The molecule has 0 saturated carbocycles. The first kappa shape index (κ1) is 17.0. The van der Waals surface area contributed by atoms with Crippen LogP contribution in [0.25, 0.3) is 0 Å². The van der Waals surface area contributed by atoms with Crippen LogP contribution in [-0.2, 0) is 11.2 Å². The first-order valence-corrected chi connectivity index (χ1v) is 9.29. The van der Waals surface area contributed by atoms with E-state index in [1.807, 2.05) is 35.2 Å². The van der Waals surface area contributed by atoms with Gasteiger partial charge in [-0.25, -0.2) is 4.79 Å². The van der Waals surface area contributed by atoms with Gasteiger partial charge in [-0.2, -0.15) is 4.98 Å². The molecule has 26 heavy (non-hydrogen) atoms. The lowest BCUT2D eigenvalue weighted by Crippen LogP contribution is -2.33. The summed E-state index contributed by atoms with van der Waals surface area (Å²) in [5.41, 5.74) is 0.820. The summed E-state index contributed by atoms with van der Waals surface area (Å²) in [4.78, 5) is 18.8. The Hall–Kier alpha value is -2.41. The van der Waals surface area contributed by atoms with Crippen molar-refractivity contribution in [2.24, 2.45) is 5.92 Å². The van der Waals surface area contributed by atoms with Crippen molar-refractivity contribution in [1.29, 1.82) is 0 Å². The van der Waals surface area contributed by atoms with E-state index in [0.29, 0.717) is 11.8 Å². The van der Waals surface area contributed by atoms with Gasteiger partial charge in [0.1, 0.15) is 0 Å². The quantitative estimate of drug-likeness (QED) is 0.911. The van der Waals surface area contributed by atoms with E-state index < -0.39 is 0 Å². The molecule has 7 nitrogen and oxygen atoms in total. The number of benzene rings is 1. The van der Waals surface area contributed by atoms with E-state index >= 15 is 0 Å². The second-order valence-corrected chi connectivity index (χ2v) is 7.04. The number of hydrogen-bond donors (Lipinski definition) is 1. The van der Waals surface area contributed by atoms with Crippen LogP contribution in [0.5, 0.6) is 0 Å². The summed E-state index contributed by atoms with van der Waals surface area (Å²) in [5.74, 6) is 2.18. The van der Waals surface area contributed by atoms with E-state index in [4.69, 9.17) is 9.26 Å². The van der Waals surface area contributed by atoms with Gasteiger partial charge < -0.3 is 19.5 Å². The Kier molecular flexibility index (Phi) is 5.15. The van der Waals surface area contributed by atoms with Crippen LogP contribution in [0, 0.1) is 5.92 Å². The number of aromatic nitrogens is 2. The fourth-order valence-corrected chi connectivity index (χ4v) is 3.63. The molecule has 2 amide bonds. The number of carbonyl (C=O) groups is 1. The predicted molar refractivity (Wildman–Crippen MR) is 95.9 cm³/mol. The van der Waals surface area contributed by atoms with Gasteiger partial charge in [0, 0.05) is 44.3 Å². The van der Waals surface area contributed by atoms with Crippen molar-refractivity contribution in [1.82, 2.24) is 15.0 Å². The Morgan fingerprint density at radius 1 is 1.19 bits per heavy atom. The lowest BCUT2D eigenvalue weighted by atomic mass is 10.0. The van der Waals surface area contributed by atoms with Crippen LogP contribution < -0.4 is 5.32 Å². The molecule has 0 bridgehead atoms. The van der Waals surface area contributed by atoms with Gasteiger partial charge in [-0.05, 0) is 37.3 Å². The van der Waals surface area contributed by atoms with Crippen molar-refractivity contribution < 1.29 is 14.1 Å². The van der Waals surface area contributed by atoms with Crippen LogP contribution in [-0.4, -0.2) is 47.4 Å². The van der Waals surface area contributed by atoms with Crippen LogP contribution in [0.4, 0.5) is 10.5 Å². The van der Waals surface area contributed by atoms with Gasteiger partial charge in [0.25, 0.3) is 0 Å². The number of likely N-dealkylation sites (tertiary alicyclic amines) is 1. The average Bonchev–Trinajstić information content (AvgIpc) is 3.33. The molecule has 1 N–H and O–H groups in total. The molecule has 1 aromatic heterocycles. The van der Waals surface area contributed by atoms with Crippen molar-refractivity contribution in [3.8, 4) is 0 Å². The Bertz CT molecular complexity index is 727. The summed E-state index contributed by atoms with van der Waals surface area (Å²) in [6, 6.07) is 9.49. The molecule has 2 fully saturated rings. The van der Waals surface area contributed by atoms with Gasteiger partial charge in [-0.3, -0.25) is 0 Å². The van der Waals surface area contributed by atoms with Crippen molar-refractivity contribution in [2.45, 2.75) is 31.6 Å².